The number of fused-ring (bicyclic) bond motifs is 1. The maximum atomic E-state index is 5.79. The Morgan fingerprint density at radius 1 is 1.17 bits per heavy atom. The Hall–Kier alpha value is -2.56. The van der Waals surface area contributed by atoms with Gasteiger partial charge in [0.25, 0.3) is 0 Å². The van der Waals surface area contributed by atoms with Crippen LogP contribution in [0.5, 0.6) is 5.88 Å². The summed E-state index contributed by atoms with van der Waals surface area (Å²) < 4.78 is 5.04. The normalized spacial score (nSPS) is 10.7. The van der Waals surface area contributed by atoms with E-state index in [1.54, 1.807) is 13.3 Å². The topological polar surface area (TPSA) is 76.8 Å². The summed E-state index contributed by atoms with van der Waals surface area (Å²) in [6, 6.07) is 9.75. The lowest BCUT2D eigenvalue weighted by Gasteiger charge is -2.03. The number of nitrogens with two attached hydrogens (primary N) is 1. The second kappa shape index (κ2) is 4.03. The summed E-state index contributed by atoms with van der Waals surface area (Å²) in [7, 11) is 1.60. The van der Waals surface area contributed by atoms with Gasteiger partial charge in [-0.2, -0.15) is 5.10 Å². The molecule has 3 aromatic rings. The van der Waals surface area contributed by atoms with Crippen LogP contribution in [0.2, 0.25) is 0 Å². The Balaban J connectivity index is 2.09. The van der Waals surface area contributed by atoms with E-state index in [1.165, 1.54) is 0 Å². The van der Waals surface area contributed by atoms with E-state index in [-0.39, 0.29) is 0 Å². The summed E-state index contributed by atoms with van der Waals surface area (Å²) in [4.78, 5) is 4.19. The SMILES string of the molecule is COc1ccc(-c2ccc3[nH]nc(N)c3c2)cn1. The summed E-state index contributed by atoms with van der Waals surface area (Å²) >= 11 is 0. The van der Waals surface area contributed by atoms with Crippen LogP contribution >= 0.6 is 0 Å². The molecule has 0 radical (unpaired) electrons. The first kappa shape index (κ1) is 10.6. The minimum absolute atomic E-state index is 0.508. The Kier molecular flexibility index (Phi) is 2.37. The van der Waals surface area contributed by atoms with E-state index in [4.69, 9.17) is 10.5 Å². The highest BCUT2D eigenvalue weighted by Crippen LogP contribution is 2.26. The molecule has 0 atom stereocenters. The number of nitrogen functional groups attached to an aromatic ring is 1. The molecular weight excluding hydrogens is 228 g/mol. The van der Waals surface area contributed by atoms with Crippen molar-refractivity contribution in [3.8, 4) is 17.0 Å². The van der Waals surface area contributed by atoms with Gasteiger partial charge in [0.15, 0.2) is 5.82 Å². The van der Waals surface area contributed by atoms with Crippen molar-refractivity contribution in [2.45, 2.75) is 0 Å². The van der Waals surface area contributed by atoms with E-state index >= 15 is 0 Å². The number of nitrogens with zero attached hydrogens (tertiary/aromatic N) is 2. The number of methoxy groups -OCH3 is 1. The van der Waals surface area contributed by atoms with Crippen molar-refractivity contribution in [2.24, 2.45) is 0 Å². The van der Waals surface area contributed by atoms with Crippen molar-refractivity contribution in [2.75, 3.05) is 12.8 Å². The number of aromatic amines is 1. The van der Waals surface area contributed by atoms with Gasteiger partial charge in [-0.3, -0.25) is 5.10 Å². The standard InChI is InChI=1S/C13H12N4O/c1-18-12-5-3-9(7-15-12)8-2-4-11-10(6-8)13(14)17-16-11/h2-7H,1H3,(H3,14,16,17). The molecule has 0 aliphatic heterocycles. The highest BCUT2D eigenvalue weighted by atomic mass is 16.5. The minimum Gasteiger partial charge on any atom is -0.481 e. The van der Waals surface area contributed by atoms with Crippen molar-refractivity contribution < 1.29 is 4.74 Å². The van der Waals surface area contributed by atoms with Gasteiger partial charge in [0.1, 0.15) is 0 Å². The molecule has 18 heavy (non-hydrogen) atoms. The first-order valence-corrected chi connectivity index (χ1v) is 5.52. The maximum Gasteiger partial charge on any atom is 0.212 e. The fourth-order valence-electron chi connectivity index (χ4n) is 1.89. The van der Waals surface area contributed by atoms with Gasteiger partial charge >= 0.3 is 0 Å². The van der Waals surface area contributed by atoms with Crippen molar-refractivity contribution >= 4 is 16.7 Å². The number of anilines is 1. The van der Waals surface area contributed by atoms with Crippen molar-refractivity contribution in [1.29, 1.82) is 0 Å². The smallest absolute Gasteiger partial charge is 0.212 e. The first-order valence-electron chi connectivity index (χ1n) is 5.52. The van der Waals surface area contributed by atoms with Gasteiger partial charge in [-0.15, -0.1) is 0 Å². The molecule has 2 aromatic heterocycles. The molecule has 5 heteroatoms. The van der Waals surface area contributed by atoms with Crippen molar-refractivity contribution in [3.63, 3.8) is 0 Å². The van der Waals surface area contributed by atoms with Crippen LogP contribution in [0.15, 0.2) is 36.5 Å². The maximum absolute atomic E-state index is 5.79. The van der Waals surface area contributed by atoms with E-state index in [1.807, 2.05) is 30.3 Å². The number of hydrogen-bond acceptors (Lipinski definition) is 4. The number of aromatic nitrogens is 3. The molecule has 0 unspecified atom stereocenters. The molecule has 0 saturated heterocycles. The number of H-pyrrole nitrogens is 1. The summed E-state index contributed by atoms with van der Waals surface area (Å²) in [5, 5.41) is 7.77. The Morgan fingerprint density at radius 3 is 2.72 bits per heavy atom. The number of nitrogens with one attached hydrogen (secondary N) is 1. The van der Waals surface area contributed by atoms with Gasteiger partial charge in [0.2, 0.25) is 5.88 Å². The van der Waals surface area contributed by atoms with Crippen LogP contribution in [0.1, 0.15) is 0 Å². The first-order chi connectivity index (χ1) is 8.78. The molecule has 1 aromatic carbocycles. The van der Waals surface area contributed by atoms with Gasteiger partial charge < -0.3 is 10.5 Å². The number of hydrogen-bond donors (Lipinski definition) is 2. The van der Waals surface area contributed by atoms with Crippen LogP contribution in [0.25, 0.3) is 22.0 Å². The summed E-state index contributed by atoms with van der Waals surface area (Å²) in [5.74, 6) is 1.11. The molecule has 5 nitrogen and oxygen atoms in total. The fourth-order valence-corrected chi connectivity index (χ4v) is 1.89. The summed E-state index contributed by atoms with van der Waals surface area (Å²) in [6.07, 6.45) is 1.77. The van der Waals surface area contributed by atoms with Crippen LogP contribution in [0.4, 0.5) is 5.82 Å². The second-order valence-corrected chi connectivity index (χ2v) is 3.96. The van der Waals surface area contributed by atoms with Gasteiger partial charge in [0.05, 0.1) is 12.6 Å². The molecule has 2 heterocycles. The zero-order valence-corrected chi connectivity index (χ0v) is 9.84. The Labute approximate surface area is 104 Å². The van der Waals surface area contributed by atoms with Crippen LogP contribution in [-0.2, 0) is 0 Å². The molecule has 3 N–H and O–H groups in total. The van der Waals surface area contributed by atoms with E-state index in [9.17, 15) is 0 Å². The highest BCUT2D eigenvalue weighted by molar-refractivity contribution is 5.92. The molecule has 0 fully saturated rings. The fraction of sp³-hybridized carbons (Fsp3) is 0.0769. The lowest BCUT2D eigenvalue weighted by atomic mass is 10.1. The van der Waals surface area contributed by atoms with Crippen molar-refractivity contribution in [3.05, 3.63) is 36.5 Å². The molecule has 90 valence electrons. The van der Waals surface area contributed by atoms with Gasteiger partial charge in [0, 0.05) is 23.2 Å². The predicted octanol–water partition coefficient (Wildman–Crippen LogP) is 2.22. The zero-order chi connectivity index (χ0) is 12.5. The van der Waals surface area contributed by atoms with E-state index in [0.29, 0.717) is 11.7 Å². The molecule has 0 aliphatic rings. The molecule has 0 aliphatic carbocycles. The Bertz CT molecular complexity index is 688. The summed E-state index contributed by atoms with van der Waals surface area (Å²) in [5.41, 5.74) is 8.78. The lowest BCUT2D eigenvalue weighted by molar-refractivity contribution is 0.398. The largest absolute Gasteiger partial charge is 0.481 e. The molecule has 0 bridgehead atoms. The Morgan fingerprint density at radius 2 is 2.00 bits per heavy atom. The van der Waals surface area contributed by atoms with Gasteiger partial charge in [-0.1, -0.05) is 6.07 Å². The average molecular weight is 240 g/mol. The van der Waals surface area contributed by atoms with E-state index < -0.39 is 0 Å². The van der Waals surface area contributed by atoms with Crippen LogP contribution in [0.3, 0.4) is 0 Å². The third kappa shape index (κ3) is 1.66. The van der Waals surface area contributed by atoms with Crippen LogP contribution in [-0.4, -0.2) is 22.3 Å². The number of rotatable bonds is 2. The quantitative estimate of drug-likeness (QED) is 0.720. The zero-order valence-electron chi connectivity index (χ0n) is 9.84. The predicted molar refractivity (Wildman–Crippen MR) is 70.3 cm³/mol. The molecule has 3 rings (SSSR count). The van der Waals surface area contributed by atoms with E-state index in [0.717, 1.165) is 22.0 Å². The van der Waals surface area contributed by atoms with Crippen LogP contribution in [0, 0.1) is 0 Å². The average Bonchev–Trinajstić information content (AvgIpc) is 2.80. The van der Waals surface area contributed by atoms with Crippen molar-refractivity contribution in [1.82, 2.24) is 15.2 Å². The molecule has 0 spiro atoms. The minimum atomic E-state index is 0.508. The molecular formula is C13H12N4O. The number of benzene rings is 1. The second-order valence-electron chi connectivity index (χ2n) is 3.96. The third-order valence-corrected chi connectivity index (χ3v) is 2.87. The number of ether oxygens (including phenoxy) is 1. The molecule has 0 amide bonds. The van der Waals surface area contributed by atoms with Gasteiger partial charge in [-0.05, 0) is 23.8 Å². The van der Waals surface area contributed by atoms with E-state index in [2.05, 4.69) is 15.2 Å². The van der Waals surface area contributed by atoms with Gasteiger partial charge in [-0.25, -0.2) is 4.98 Å². The lowest BCUT2D eigenvalue weighted by Crippen LogP contribution is -1.87. The third-order valence-electron chi connectivity index (χ3n) is 2.87. The monoisotopic (exact) mass is 240 g/mol. The highest BCUT2D eigenvalue weighted by Gasteiger charge is 2.05. The molecule has 0 saturated carbocycles. The van der Waals surface area contributed by atoms with Crippen LogP contribution < -0.4 is 10.5 Å². The number of pyridine rings is 1. The summed E-state index contributed by atoms with van der Waals surface area (Å²) in [6.45, 7) is 0.